The van der Waals surface area contributed by atoms with Crippen molar-refractivity contribution < 1.29 is 9.53 Å². The van der Waals surface area contributed by atoms with Crippen molar-refractivity contribution in [3.8, 4) is 16.9 Å². The number of carbonyl (C=O) groups excluding carboxylic acids is 1. The minimum absolute atomic E-state index is 0.169. The summed E-state index contributed by atoms with van der Waals surface area (Å²) >= 11 is 1.39. The van der Waals surface area contributed by atoms with Gasteiger partial charge in [-0.1, -0.05) is 48.5 Å². The summed E-state index contributed by atoms with van der Waals surface area (Å²) in [5, 5.41) is 5.63. The Labute approximate surface area is 172 Å². The minimum atomic E-state index is -0.303. The summed E-state index contributed by atoms with van der Waals surface area (Å²) in [6.45, 7) is 0.299. The molecule has 2 aromatic heterocycles. The fraction of sp³-hybridized carbons (Fsp3) is 0.130. The molecule has 2 aromatic carbocycles. The Bertz CT molecular complexity index is 1240. The highest BCUT2D eigenvalue weighted by Gasteiger charge is 2.22. The van der Waals surface area contributed by atoms with E-state index in [0.717, 1.165) is 22.1 Å². The molecule has 5 nitrogen and oxygen atoms in total. The number of nitrogens with one attached hydrogen (secondary N) is 1. The van der Waals surface area contributed by atoms with Gasteiger partial charge in [-0.05, 0) is 23.1 Å². The average molecular weight is 404 g/mol. The Hall–Kier alpha value is -3.38. The number of thiophene rings is 1. The summed E-state index contributed by atoms with van der Waals surface area (Å²) in [7, 11) is 3.24. The molecule has 29 heavy (non-hydrogen) atoms. The van der Waals surface area contributed by atoms with Crippen molar-refractivity contribution in [3.63, 3.8) is 0 Å². The highest BCUT2D eigenvalue weighted by Crippen LogP contribution is 2.32. The molecule has 0 fully saturated rings. The van der Waals surface area contributed by atoms with Crippen LogP contribution in [0, 0.1) is 0 Å². The van der Waals surface area contributed by atoms with Gasteiger partial charge in [0.2, 0.25) is 0 Å². The quantitative estimate of drug-likeness (QED) is 0.542. The zero-order valence-electron chi connectivity index (χ0n) is 16.1. The molecule has 0 aliphatic rings. The summed E-state index contributed by atoms with van der Waals surface area (Å²) in [5.41, 5.74) is 2.71. The number of carbonyl (C=O) groups is 1. The summed E-state index contributed by atoms with van der Waals surface area (Å²) in [5.74, 6) is 0.403. The lowest BCUT2D eigenvalue weighted by Crippen LogP contribution is -2.31. The molecule has 0 aliphatic heterocycles. The van der Waals surface area contributed by atoms with E-state index in [1.807, 2.05) is 66.0 Å². The van der Waals surface area contributed by atoms with E-state index in [9.17, 15) is 9.59 Å². The number of ether oxygens (including phenoxy) is 1. The van der Waals surface area contributed by atoms with E-state index in [1.54, 1.807) is 14.2 Å². The number of rotatable bonds is 5. The Morgan fingerprint density at radius 3 is 2.55 bits per heavy atom. The first-order chi connectivity index (χ1) is 14.1. The van der Waals surface area contributed by atoms with Gasteiger partial charge in [-0.2, -0.15) is 0 Å². The average Bonchev–Trinajstić information content (AvgIpc) is 3.25. The normalized spacial score (nSPS) is 10.8. The Balaban J connectivity index is 1.81. The first kappa shape index (κ1) is 19.0. The molecule has 0 unspecified atom stereocenters. The van der Waals surface area contributed by atoms with Crippen LogP contribution >= 0.6 is 11.3 Å². The fourth-order valence-corrected chi connectivity index (χ4v) is 4.37. The van der Waals surface area contributed by atoms with Crippen LogP contribution in [0.3, 0.4) is 0 Å². The van der Waals surface area contributed by atoms with Crippen molar-refractivity contribution in [2.75, 3.05) is 7.11 Å². The lowest BCUT2D eigenvalue weighted by molar-refractivity contribution is 0.0942. The highest BCUT2D eigenvalue weighted by atomic mass is 32.1. The van der Waals surface area contributed by atoms with E-state index in [0.29, 0.717) is 22.7 Å². The molecular weight excluding hydrogens is 384 g/mol. The van der Waals surface area contributed by atoms with Gasteiger partial charge >= 0.3 is 0 Å². The maximum atomic E-state index is 13.2. The number of hydrogen-bond donors (Lipinski definition) is 1. The second-order valence-electron chi connectivity index (χ2n) is 6.61. The summed E-state index contributed by atoms with van der Waals surface area (Å²) < 4.78 is 7.45. The van der Waals surface area contributed by atoms with Gasteiger partial charge in [-0.3, -0.25) is 9.59 Å². The number of amides is 1. The predicted molar refractivity (Wildman–Crippen MR) is 117 cm³/mol. The SMILES string of the molecule is COc1ccccc1CNC(=O)c1c(-c2ccccc2)c2ccsc2c(=O)n1C. The molecule has 146 valence electrons. The van der Waals surface area contributed by atoms with Crippen molar-refractivity contribution >= 4 is 27.3 Å². The van der Waals surface area contributed by atoms with Crippen LogP contribution in [-0.4, -0.2) is 17.6 Å². The Morgan fingerprint density at radius 2 is 1.79 bits per heavy atom. The van der Waals surface area contributed by atoms with Gasteiger partial charge in [0.15, 0.2) is 0 Å². The van der Waals surface area contributed by atoms with E-state index >= 15 is 0 Å². The van der Waals surface area contributed by atoms with Crippen molar-refractivity contribution in [2.45, 2.75) is 6.54 Å². The maximum absolute atomic E-state index is 13.2. The standard InChI is InChI=1S/C23H20N2O3S/c1-25-20(22(26)24-14-16-10-6-7-11-18(16)28-2)19(15-8-4-3-5-9-15)17-12-13-29-21(17)23(25)27/h3-13H,14H2,1-2H3,(H,24,26). The van der Waals surface area contributed by atoms with Crippen LogP contribution < -0.4 is 15.6 Å². The van der Waals surface area contributed by atoms with Crippen LogP contribution in [0.5, 0.6) is 5.75 Å². The van der Waals surface area contributed by atoms with Gasteiger partial charge in [-0.15, -0.1) is 11.3 Å². The third-order valence-corrected chi connectivity index (χ3v) is 5.82. The summed E-state index contributed by atoms with van der Waals surface area (Å²) in [4.78, 5) is 26.1. The first-order valence-corrected chi connectivity index (χ1v) is 10.1. The molecule has 0 saturated carbocycles. The van der Waals surface area contributed by atoms with E-state index < -0.39 is 0 Å². The lowest BCUT2D eigenvalue weighted by atomic mass is 9.99. The molecule has 2 heterocycles. The van der Waals surface area contributed by atoms with Gasteiger partial charge in [0.25, 0.3) is 11.5 Å². The molecule has 4 aromatic rings. The molecule has 1 N–H and O–H groups in total. The molecule has 4 rings (SSSR count). The van der Waals surface area contributed by atoms with E-state index in [4.69, 9.17) is 4.74 Å². The number of hydrogen-bond acceptors (Lipinski definition) is 4. The molecule has 0 saturated heterocycles. The van der Waals surface area contributed by atoms with Crippen LogP contribution in [0.2, 0.25) is 0 Å². The van der Waals surface area contributed by atoms with Gasteiger partial charge in [0, 0.05) is 30.1 Å². The molecule has 0 bridgehead atoms. The van der Waals surface area contributed by atoms with E-state index in [-0.39, 0.29) is 11.5 Å². The molecule has 1 amide bonds. The summed E-state index contributed by atoms with van der Waals surface area (Å²) in [6, 6.07) is 19.1. The van der Waals surface area contributed by atoms with Crippen LogP contribution in [0.1, 0.15) is 16.1 Å². The third-order valence-electron chi connectivity index (χ3n) is 4.92. The number of benzene rings is 2. The molecule has 0 aliphatic carbocycles. The van der Waals surface area contributed by atoms with Crippen molar-refractivity contribution in [1.29, 1.82) is 0 Å². The molecule has 0 atom stereocenters. The fourth-order valence-electron chi connectivity index (χ4n) is 3.49. The number of para-hydroxylation sites is 1. The zero-order chi connectivity index (χ0) is 20.4. The van der Waals surface area contributed by atoms with Crippen molar-refractivity contribution in [3.05, 3.63) is 87.7 Å². The van der Waals surface area contributed by atoms with Gasteiger partial charge in [0.1, 0.15) is 16.1 Å². The second-order valence-corrected chi connectivity index (χ2v) is 7.53. The number of aromatic nitrogens is 1. The van der Waals surface area contributed by atoms with Gasteiger partial charge in [-0.25, -0.2) is 0 Å². The number of pyridine rings is 1. The van der Waals surface area contributed by atoms with Crippen LogP contribution in [0.25, 0.3) is 21.2 Å². The van der Waals surface area contributed by atoms with Crippen LogP contribution in [0.15, 0.2) is 70.8 Å². The molecule has 6 heteroatoms. The number of fused-ring (bicyclic) bond motifs is 1. The van der Waals surface area contributed by atoms with Gasteiger partial charge < -0.3 is 14.6 Å². The molecular formula is C23H20N2O3S. The van der Waals surface area contributed by atoms with E-state index in [2.05, 4.69) is 5.32 Å². The number of nitrogens with zero attached hydrogens (tertiary/aromatic N) is 1. The molecule has 0 spiro atoms. The minimum Gasteiger partial charge on any atom is -0.496 e. The monoisotopic (exact) mass is 404 g/mol. The van der Waals surface area contributed by atoms with Crippen LogP contribution in [-0.2, 0) is 13.6 Å². The smallest absolute Gasteiger partial charge is 0.268 e. The summed E-state index contributed by atoms with van der Waals surface area (Å²) in [6.07, 6.45) is 0. The maximum Gasteiger partial charge on any atom is 0.268 e. The van der Waals surface area contributed by atoms with Crippen molar-refractivity contribution in [1.82, 2.24) is 9.88 Å². The van der Waals surface area contributed by atoms with E-state index in [1.165, 1.54) is 15.9 Å². The predicted octanol–water partition coefficient (Wildman–Crippen LogP) is 4.21. The van der Waals surface area contributed by atoms with Crippen molar-refractivity contribution in [2.24, 2.45) is 7.05 Å². The topological polar surface area (TPSA) is 60.3 Å². The zero-order valence-corrected chi connectivity index (χ0v) is 17.0. The Kier molecular flexibility index (Phi) is 5.18. The Morgan fingerprint density at radius 1 is 1.07 bits per heavy atom. The largest absolute Gasteiger partial charge is 0.496 e. The van der Waals surface area contributed by atoms with Crippen LogP contribution in [0.4, 0.5) is 0 Å². The first-order valence-electron chi connectivity index (χ1n) is 9.17. The molecule has 0 radical (unpaired) electrons. The highest BCUT2D eigenvalue weighted by molar-refractivity contribution is 7.17. The third kappa shape index (κ3) is 3.43. The lowest BCUT2D eigenvalue weighted by Gasteiger charge is -2.16. The second kappa shape index (κ2) is 7.93. The number of methoxy groups -OCH3 is 1. The van der Waals surface area contributed by atoms with Gasteiger partial charge in [0.05, 0.1) is 7.11 Å².